The van der Waals surface area contributed by atoms with E-state index in [4.69, 9.17) is 37.0 Å². The summed E-state index contributed by atoms with van der Waals surface area (Å²) in [5, 5.41) is 10.6. The summed E-state index contributed by atoms with van der Waals surface area (Å²) in [6.07, 6.45) is 47.7. The van der Waals surface area contributed by atoms with Crippen LogP contribution in [0.15, 0.2) is 0 Å². The standard InChI is InChI=1S/C72H140O17P2/c1-8-9-10-36-46-53-69(74)82-59-67(88-72(77)56-49-42-35-29-23-26-32-39-45-52-65(6)7)61-86-90(78,79)84-57-66(73)58-85-91(80,81)87-62-68(60-83-70(75)54-47-40-33-27-22-21-25-31-38-44-51-64(4)5)89-71(76)55-48-41-34-28-20-18-16-14-12-11-13-15-17-19-24-30-37-43-50-63(2)3/h63-68,73H,8-62H2,1-7H3,(H,78,79)(H,80,81)/t66-,67+,68+/m0/s1. The van der Waals surface area contributed by atoms with Gasteiger partial charge in [-0.25, -0.2) is 9.13 Å². The number of ether oxygens (including phenoxy) is 4. The first-order chi connectivity index (χ1) is 43.7. The van der Waals surface area contributed by atoms with Gasteiger partial charge in [-0.3, -0.25) is 37.3 Å². The molecule has 0 aromatic rings. The Morgan fingerprint density at radius 3 is 0.747 bits per heavy atom. The molecular formula is C72H140O17P2. The second kappa shape index (κ2) is 62.8. The van der Waals surface area contributed by atoms with Crippen molar-refractivity contribution in [2.24, 2.45) is 17.8 Å². The third-order valence-corrected chi connectivity index (χ3v) is 18.5. The molecule has 91 heavy (non-hydrogen) atoms. The quantitative estimate of drug-likeness (QED) is 0.0222. The van der Waals surface area contributed by atoms with Crippen molar-refractivity contribution in [1.29, 1.82) is 0 Å². The van der Waals surface area contributed by atoms with Gasteiger partial charge in [0.1, 0.15) is 19.3 Å². The smallest absolute Gasteiger partial charge is 0.462 e. The van der Waals surface area contributed by atoms with Crippen LogP contribution in [0.25, 0.3) is 0 Å². The number of carbonyl (C=O) groups excluding carboxylic acids is 4. The van der Waals surface area contributed by atoms with E-state index < -0.39 is 97.5 Å². The first-order valence-corrected chi connectivity index (χ1v) is 40.3. The molecule has 0 bridgehead atoms. The molecule has 0 heterocycles. The van der Waals surface area contributed by atoms with Crippen LogP contribution >= 0.6 is 15.6 Å². The number of unbranched alkanes of at least 4 members (excludes halogenated alkanes) is 38. The second-order valence-corrected chi connectivity index (χ2v) is 30.3. The van der Waals surface area contributed by atoms with Crippen LogP contribution in [0.5, 0.6) is 0 Å². The van der Waals surface area contributed by atoms with Gasteiger partial charge in [0.25, 0.3) is 0 Å². The molecule has 2 unspecified atom stereocenters. The molecule has 19 heteroatoms. The van der Waals surface area contributed by atoms with Gasteiger partial charge in [0.15, 0.2) is 12.2 Å². The highest BCUT2D eigenvalue weighted by molar-refractivity contribution is 7.47. The first kappa shape index (κ1) is 89.1. The van der Waals surface area contributed by atoms with E-state index in [9.17, 15) is 43.2 Å². The normalized spacial score (nSPS) is 14.2. The average molecular weight is 1340 g/mol. The molecular weight excluding hydrogens is 1200 g/mol. The predicted molar refractivity (Wildman–Crippen MR) is 368 cm³/mol. The molecule has 5 atom stereocenters. The molecule has 0 saturated heterocycles. The number of phosphoric ester groups is 2. The average Bonchev–Trinajstić information content (AvgIpc) is 2.76. The highest BCUT2D eigenvalue weighted by atomic mass is 31.2. The number of carbonyl (C=O) groups is 4. The topological polar surface area (TPSA) is 237 Å². The lowest BCUT2D eigenvalue weighted by Crippen LogP contribution is -2.30. The fourth-order valence-corrected chi connectivity index (χ4v) is 12.5. The molecule has 540 valence electrons. The summed E-state index contributed by atoms with van der Waals surface area (Å²) in [5.74, 6) is 0.180. The summed E-state index contributed by atoms with van der Waals surface area (Å²) in [4.78, 5) is 72.3. The molecule has 0 amide bonds. The summed E-state index contributed by atoms with van der Waals surface area (Å²) in [6, 6.07) is 0. The van der Waals surface area contributed by atoms with E-state index in [0.29, 0.717) is 25.7 Å². The van der Waals surface area contributed by atoms with Gasteiger partial charge in [0.05, 0.1) is 26.4 Å². The van der Waals surface area contributed by atoms with Crippen molar-refractivity contribution < 1.29 is 80.2 Å². The van der Waals surface area contributed by atoms with E-state index in [2.05, 4.69) is 48.5 Å². The summed E-state index contributed by atoms with van der Waals surface area (Å²) >= 11 is 0. The molecule has 0 aromatic heterocycles. The van der Waals surface area contributed by atoms with E-state index in [0.717, 1.165) is 114 Å². The second-order valence-electron chi connectivity index (χ2n) is 27.4. The van der Waals surface area contributed by atoms with Crippen LogP contribution in [-0.2, 0) is 65.4 Å². The van der Waals surface area contributed by atoms with Crippen molar-refractivity contribution in [3.8, 4) is 0 Å². The molecule has 0 aliphatic rings. The number of rotatable bonds is 70. The van der Waals surface area contributed by atoms with Crippen molar-refractivity contribution in [3.05, 3.63) is 0 Å². The molecule has 3 N–H and O–H groups in total. The largest absolute Gasteiger partial charge is 0.472 e. The maximum absolute atomic E-state index is 13.0. The number of esters is 4. The van der Waals surface area contributed by atoms with Crippen molar-refractivity contribution in [2.45, 2.75) is 381 Å². The lowest BCUT2D eigenvalue weighted by Gasteiger charge is -2.21. The lowest BCUT2D eigenvalue weighted by molar-refractivity contribution is -0.161. The molecule has 0 fully saturated rings. The minimum Gasteiger partial charge on any atom is -0.462 e. The summed E-state index contributed by atoms with van der Waals surface area (Å²) in [5.41, 5.74) is 0. The van der Waals surface area contributed by atoms with Gasteiger partial charge in [-0.15, -0.1) is 0 Å². The van der Waals surface area contributed by atoms with E-state index in [1.165, 1.54) is 167 Å². The molecule has 0 saturated carbocycles. The van der Waals surface area contributed by atoms with E-state index in [1.807, 2.05) is 0 Å². The van der Waals surface area contributed by atoms with Crippen LogP contribution in [-0.4, -0.2) is 96.7 Å². The van der Waals surface area contributed by atoms with Gasteiger partial charge in [-0.1, -0.05) is 312 Å². The molecule has 0 radical (unpaired) electrons. The number of aliphatic hydroxyl groups excluding tert-OH is 1. The molecule has 0 aliphatic carbocycles. The van der Waals surface area contributed by atoms with Crippen LogP contribution in [0.3, 0.4) is 0 Å². The maximum Gasteiger partial charge on any atom is 0.472 e. The van der Waals surface area contributed by atoms with Crippen molar-refractivity contribution in [3.63, 3.8) is 0 Å². The Bertz CT molecular complexity index is 1780. The van der Waals surface area contributed by atoms with E-state index in [-0.39, 0.29) is 25.7 Å². The number of hydrogen-bond donors (Lipinski definition) is 3. The lowest BCUT2D eigenvalue weighted by atomic mass is 10.0. The fourth-order valence-electron chi connectivity index (χ4n) is 10.9. The number of aliphatic hydroxyl groups is 1. The Morgan fingerprint density at radius 1 is 0.297 bits per heavy atom. The maximum atomic E-state index is 13.0. The molecule has 0 spiro atoms. The van der Waals surface area contributed by atoms with Gasteiger partial charge in [-0.05, 0) is 43.4 Å². The third kappa shape index (κ3) is 66.5. The van der Waals surface area contributed by atoms with Crippen LogP contribution in [0.2, 0.25) is 0 Å². The van der Waals surface area contributed by atoms with Crippen LogP contribution in [0, 0.1) is 17.8 Å². The Morgan fingerprint density at radius 2 is 0.505 bits per heavy atom. The van der Waals surface area contributed by atoms with Gasteiger partial charge < -0.3 is 33.8 Å². The molecule has 0 rings (SSSR count). The Balaban J connectivity index is 5.12. The monoisotopic (exact) mass is 1340 g/mol. The number of phosphoric acid groups is 2. The summed E-state index contributed by atoms with van der Waals surface area (Å²) in [6.45, 7) is 11.8. The van der Waals surface area contributed by atoms with Crippen LogP contribution in [0.4, 0.5) is 0 Å². The zero-order valence-electron chi connectivity index (χ0n) is 59.3. The van der Waals surface area contributed by atoms with Crippen LogP contribution in [0.1, 0.15) is 363 Å². The van der Waals surface area contributed by atoms with Crippen molar-refractivity contribution in [2.75, 3.05) is 39.6 Å². The summed E-state index contributed by atoms with van der Waals surface area (Å²) < 4.78 is 68.1. The third-order valence-electron chi connectivity index (χ3n) is 16.6. The predicted octanol–water partition coefficient (Wildman–Crippen LogP) is 20.6. The SMILES string of the molecule is CCCCCCCC(=O)OC[C@H](COP(=O)(O)OC[C@H](O)COP(=O)(O)OC[C@@H](COC(=O)CCCCCCCCCCCCC(C)C)OC(=O)CCCCCCCCCCCCCCCCCCCCC(C)C)OC(=O)CCCCCCCCCCCC(C)C. The Hall–Kier alpha value is -1.94. The molecule has 17 nitrogen and oxygen atoms in total. The number of hydrogen-bond acceptors (Lipinski definition) is 15. The van der Waals surface area contributed by atoms with Crippen molar-refractivity contribution >= 4 is 39.5 Å². The van der Waals surface area contributed by atoms with Crippen LogP contribution < -0.4 is 0 Å². The Kier molecular flexibility index (Phi) is 61.5. The van der Waals surface area contributed by atoms with E-state index >= 15 is 0 Å². The summed E-state index contributed by atoms with van der Waals surface area (Å²) in [7, 11) is -9.89. The Labute approximate surface area is 556 Å². The highest BCUT2D eigenvalue weighted by Gasteiger charge is 2.30. The van der Waals surface area contributed by atoms with E-state index in [1.54, 1.807) is 0 Å². The van der Waals surface area contributed by atoms with Crippen molar-refractivity contribution in [1.82, 2.24) is 0 Å². The minimum absolute atomic E-state index is 0.104. The van der Waals surface area contributed by atoms with Gasteiger partial charge >= 0.3 is 39.5 Å². The first-order valence-electron chi connectivity index (χ1n) is 37.3. The zero-order chi connectivity index (χ0) is 67.3. The van der Waals surface area contributed by atoms with Gasteiger partial charge in [0.2, 0.25) is 0 Å². The fraction of sp³-hybridized carbons (Fsp3) is 0.944. The zero-order valence-corrected chi connectivity index (χ0v) is 61.1. The highest BCUT2D eigenvalue weighted by Crippen LogP contribution is 2.45. The molecule has 0 aliphatic heterocycles. The molecule has 0 aromatic carbocycles. The van der Waals surface area contributed by atoms with Gasteiger partial charge in [0, 0.05) is 25.7 Å². The minimum atomic E-state index is -4.95. The van der Waals surface area contributed by atoms with Gasteiger partial charge in [-0.2, -0.15) is 0 Å².